The summed E-state index contributed by atoms with van der Waals surface area (Å²) in [6, 6.07) is -0.297. The Labute approximate surface area is 123 Å². The number of hydrogen-bond acceptors (Lipinski definition) is 5. The molecule has 2 rings (SSSR count). The molecule has 1 saturated heterocycles. The number of sulfone groups is 1. The number of ketones is 1. The van der Waals surface area contributed by atoms with Crippen LogP contribution in [0.15, 0.2) is 0 Å². The first kappa shape index (κ1) is 15.5. The molecule has 20 heavy (non-hydrogen) atoms. The van der Waals surface area contributed by atoms with Crippen molar-refractivity contribution in [2.45, 2.75) is 25.8 Å². The zero-order chi connectivity index (χ0) is 14.9. The number of nitrogens with zero attached hydrogens (tertiary/aromatic N) is 2. The van der Waals surface area contributed by atoms with Crippen molar-refractivity contribution in [3.8, 4) is 0 Å². The SMILES string of the molecule is Cc1nn(C)c(CC(=O)CC2CS(=O)(=O)CCN2)c1Cl. The van der Waals surface area contributed by atoms with Crippen molar-refractivity contribution in [3.63, 3.8) is 0 Å². The summed E-state index contributed by atoms with van der Waals surface area (Å²) in [7, 11) is -1.28. The summed E-state index contributed by atoms with van der Waals surface area (Å²) in [4.78, 5) is 12.1. The topological polar surface area (TPSA) is 81.1 Å². The summed E-state index contributed by atoms with van der Waals surface area (Å²) in [6.07, 6.45) is 0.369. The first-order valence-corrected chi connectivity index (χ1v) is 8.62. The number of carbonyl (C=O) groups excluding carboxylic acids is 1. The molecule has 6 nitrogen and oxygen atoms in total. The van der Waals surface area contributed by atoms with Crippen molar-refractivity contribution < 1.29 is 13.2 Å². The number of carbonyl (C=O) groups is 1. The lowest BCUT2D eigenvalue weighted by Crippen LogP contribution is -2.46. The smallest absolute Gasteiger partial charge is 0.153 e. The minimum absolute atomic E-state index is 0.0247. The van der Waals surface area contributed by atoms with Crippen molar-refractivity contribution in [2.24, 2.45) is 7.05 Å². The molecule has 0 aromatic carbocycles. The van der Waals surface area contributed by atoms with E-state index in [2.05, 4.69) is 10.4 Å². The molecule has 1 aliphatic heterocycles. The van der Waals surface area contributed by atoms with E-state index in [4.69, 9.17) is 11.6 Å². The van der Waals surface area contributed by atoms with Crippen LogP contribution in [0.5, 0.6) is 0 Å². The second-order valence-electron chi connectivity index (χ2n) is 5.15. The van der Waals surface area contributed by atoms with E-state index in [1.165, 1.54) is 0 Å². The molecule has 0 aliphatic carbocycles. The van der Waals surface area contributed by atoms with Crippen LogP contribution in [-0.4, -0.2) is 48.1 Å². The molecular weight excluding hydrogens is 302 g/mol. The Bertz CT molecular complexity index is 624. The zero-order valence-corrected chi connectivity index (χ0v) is 13.1. The minimum atomic E-state index is -3.02. The predicted molar refractivity (Wildman–Crippen MR) is 76.7 cm³/mol. The lowest BCUT2D eigenvalue weighted by atomic mass is 10.1. The molecule has 1 unspecified atom stereocenters. The van der Waals surface area contributed by atoms with E-state index < -0.39 is 9.84 Å². The molecule has 1 aliphatic rings. The fourth-order valence-electron chi connectivity index (χ4n) is 2.40. The Morgan fingerprint density at radius 1 is 1.55 bits per heavy atom. The van der Waals surface area contributed by atoms with E-state index in [-0.39, 0.29) is 36.2 Å². The normalized spacial score (nSPS) is 21.9. The van der Waals surface area contributed by atoms with E-state index in [0.717, 1.165) is 0 Å². The molecular formula is C12H18ClN3O3S. The number of rotatable bonds is 4. The second kappa shape index (κ2) is 5.83. The molecule has 0 bridgehead atoms. The first-order valence-electron chi connectivity index (χ1n) is 6.42. The molecule has 2 heterocycles. The maximum atomic E-state index is 12.1. The van der Waals surface area contributed by atoms with Crippen LogP contribution in [0.1, 0.15) is 17.8 Å². The second-order valence-corrected chi connectivity index (χ2v) is 7.76. The maximum absolute atomic E-state index is 12.1. The number of Topliss-reactive ketones (excluding diaryl/α,β-unsaturated/α-hetero) is 1. The fourth-order valence-corrected chi connectivity index (χ4v) is 4.08. The van der Waals surface area contributed by atoms with Crippen LogP contribution in [0, 0.1) is 6.92 Å². The average molecular weight is 320 g/mol. The van der Waals surface area contributed by atoms with Gasteiger partial charge in [-0.25, -0.2) is 8.42 Å². The predicted octanol–water partition coefficient (Wildman–Crippen LogP) is 0.270. The Kier molecular flexibility index (Phi) is 4.51. The van der Waals surface area contributed by atoms with E-state index in [0.29, 0.717) is 23.0 Å². The molecule has 1 atom stereocenters. The van der Waals surface area contributed by atoms with E-state index >= 15 is 0 Å². The highest BCUT2D eigenvalue weighted by atomic mass is 35.5. The van der Waals surface area contributed by atoms with Gasteiger partial charge < -0.3 is 5.32 Å². The molecule has 0 saturated carbocycles. The van der Waals surface area contributed by atoms with Gasteiger partial charge in [0.15, 0.2) is 9.84 Å². The molecule has 1 aromatic heterocycles. The molecule has 0 spiro atoms. The van der Waals surface area contributed by atoms with Crippen molar-refractivity contribution in [2.75, 3.05) is 18.1 Å². The summed E-state index contributed by atoms with van der Waals surface area (Å²) in [5.74, 6) is 0.130. The number of aryl methyl sites for hydroxylation is 2. The maximum Gasteiger partial charge on any atom is 0.153 e. The van der Waals surface area contributed by atoms with Crippen LogP contribution in [0.2, 0.25) is 5.02 Å². The van der Waals surface area contributed by atoms with Gasteiger partial charge >= 0.3 is 0 Å². The monoisotopic (exact) mass is 319 g/mol. The zero-order valence-electron chi connectivity index (χ0n) is 11.5. The molecule has 0 radical (unpaired) electrons. The number of hydrogen-bond donors (Lipinski definition) is 1. The van der Waals surface area contributed by atoms with Crippen LogP contribution in [0.3, 0.4) is 0 Å². The number of aromatic nitrogens is 2. The fraction of sp³-hybridized carbons (Fsp3) is 0.667. The van der Waals surface area contributed by atoms with Gasteiger partial charge in [0.2, 0.25) is 0 Å². The minimum Gasteiger partial charge on any atom is -0.312 e. The third-order valence-electron chi connectivity index (χ3n) is 3.40. The number of halogens is 1. The quantitative estimate of drug-likeness (QED) is 0.861. The molecule has 112 valence electrons. The van der Waals surface area contributed by atoms with Gasteiger partial charge in [-0.2, -0.15) is 5.10 Å². The summed E-state index contributed by atoms with van der Waals surface area (Å²) in [5.41, 5.74) is 1.36. The average Bonchev–Trinajstić information content (AvgIpc) is 2.54. The summed E-state index contributed by atoms with van der Waals surface area (Å²) in [5, 5.41) is 7.73. The van der Waals surface area contributed by atoms with Crippen LogP contribution in [-0.2, 0) is 28.1 Å². The van der Waals surface area contributed by atoms with Crippen LogP contribution >= 0.6 is 11.6 Å². The van der Waals surface area contributed by atoms with Gasteiger partial charge in [0.25, 0.3) is 0 Å². The van der Waals surface area contributed by atoms with Gasteiger partial charge in [-0.3, -0.25) is 9.48 Å². The highest BCUT2D eigenvalue weighted by Gasteiger charge is 2.26. The molecule has 1 fully saturated rings. The summed E-state index contributed by atoms with van der Waals surface area (Å²) < 4.78 is 24.6. The standard InChI is InChI=1S/C12H18ClN3O3S/c1-8-12(13)11(16(2)15-8)6-10(17)5-9-7-20(18,19)4-3-14-9/h9,14H,3-7H2,1-2H3. The van der Waals surface area contributed by atoms with Gasteiger partial charge in [-0.05, 0) is 6.92 Å². The molecule has 0 amide bonds. The Morgan fingerprint density at radius 2 is 2.25 bits per heavy atom. The van der Waals surface area contributed by atoms with E-state index in [9.17, 15) is 13.2 Å². The van der Waals surface area contributed by atoms with Crippen molar-refractivity contribution in [1.29, 1.82) is 0 Å². The largest absolute Gasteiger partial charge is 0.312 e. The first-order chi connectivity index (χ1) is 9.28. The Balaban J connectivity index is 1.99. The third kappa shape index (κ3) is 3.59. The Morgan fingerprint density at radius 3 is 2.80 bits per heavy atom. The van der Waals surface area contributed by atoms with Gasteiger partial charge in [-0.15, -0.1) is 0 Å². The summed E-state index contributed by atoms with van der Waals surface area (Å²) in [6.45, 7) is 2.19. The number of nitrogens with one attached hydrogen (secondary N) is 1. The lowest BCUT2D eigenvalue weighted by Gasteiger charge is -2.22. The van der Waals surface area contributed by atoms with E-state index in [1.54, 1.807) is 18.7 Å². The Hall–Kier alpha value is -0.920. The van der Waals surface area contributed by atoms with E-state index in [1.807, 2.05) is 0 Å². The van der Waals surface area contributed by atoms with Crippen molar-refractivity contribution >= 4 is 27.2 Å². The van der Waals surface area contributed by atoms with Crippen LogP contribution < -0.4 is 5.32 Å². The molecule has 1 aromatic rings. The molecule has 8 heteroatoms. The molecule has 1 N–H and O–H groups in total. The third-order valence-corrected chi connectivity index (χ3v) is 5.63. The van der Waals surface area contributed by atoms with Crippen LogP contribution in [0.4, 0.5) is 0 Å². The van der Waals surface area contributed by atoms with Gasteiger partial charge in [0.05, 0.1) is 27.9 Å². The van der Waals surface area contributed by atoms with Gasteiger partial charge in [0.1, 0.15) is 5.78 Å². The van der Waals surface area contributed by atoms with Crippen molar-refractivity contribution in [1.82, 2.24) is 15.1 Å². The highest BCUT2D eigenvalue weighted by molar-refractivity contribution is 7.91. The van der Waals surface area contributed by atoms with Crippen LogP contribution in [0.25, 0.3) is 0 Å². The van der Waals surface area contributed by atoms with Gasteiger partial charge in [-0.1, -0.05) is 11.6 Å². The highest BCUT2D eigenvalue weighted by Crippen LogP contribution is 2.20. The van der Waals surface area contributed by atoms with Gasteiger partial charge in [0, 0.05) is 32.5 Å². The lowest BCUT2D eigenvalue weighted by molar-refractivity contribution is -0.118. The van der Waals surface area contributed by atoms with Crippen molar-refractivity contribution in [3.05, 3.63) is 16.4 Å². The summed E-state index contributed by atoms with van der Waals surface area (Å²) >= 11 is 6.10.